The zero-order valence-corrected chi connectivity index (χ0v) is 21.1. The van der Waals surface area contributed by atoms with Crippen LogP contribution in [0, 0.1) is 6.92 Å². The number of aryl methyl sites for hydroxylation is 1. The fourth-order valence-corrected chi connectivity index (χ4v) is 4.70. The largest absolute Gasteiger partial charge is 0.357 e. The highest BCUT2D eigenvalue weighted by atomic mass is 16.2. The van der Waals surface area contributed by atoms with Crippen molar-refractivity contribution in [3.8, 4) is 0 Å². The lowest BCUT2D eigenvalue weighted by Crippen LogP contribution is -2.49. The summed E-state index contributed by atoms with van der Waals surface area (Å²) in [6.07, 6.45) is 0.776. The smallest absolute Gasteiger partial charge is 0.261 e. The molecule has 190 valence electrons. The van der Waals surface area contributed by atoms with Crippen molar-refractivity contribution in [2.24, 2.45) is 0 Å². The summed E-state index contributed by atoms with van der Waals surface area (Å²) in [6.45, 7) is 2.40. The number of nitrogens with zero attached hydrogens (tertiary/aromatic N) is 2. The van der Waals surface area contributed by atoms with Crippen LogP contribution in [0.2, 0.25) is 0 Å². The third kappa shape index (κ3) is 5.94. The number of hydrogen-bond donors (Lipinski definition) is 1. The van der Waals surface area contributed by atoms with Gasteiger partial charge < -0.3 is 10.2 Å². The summed E-state index contributed by atoms with van der Waals surface area (Å²) in [7, 11) is 1.57. The molecule has 0 aliphatic carbocycles. The van der Waals surface area contributed by atoms with Crippen LogP contribution in [0.4, 0.5) is 0 Å². The molecule has 7 nitrogen and oxygen atoms in total. The van der Waals surface area contributed by atoms with Crippen molar-refractivity contribution >= 4 is 23.6 Å². The first-order chi connectivity index (χ1) is 17.9. The molecule has 1 N–H and O–H groups in total. The molecule has 4 rings (SSSR count). The maximum atomic E-state index is 13.6. The van der Waals surface area contributed by atoms with Crippen molar-refractivity contribution in [2.75, 3.05) is 13.6 Å². The van der Waals surface area contributed by atoms with Crippen LogP contribution in [0.1, 0.15) is 50.2 Å². The van der Waals surface area contributed by atoms with E-state index in [0.717, 1.165) is 16.7 Å². The molecule has 0 fully saturated rings. The Bertz CT molecular complexity index is 1270. The number of nitrogens with one attached hydrogen (secondary N) is 1. The summed E-state index contributed by atoms with van der Waals surface area (Å²) in [5, 5.41) is 2.71. The van der Waals surface area contributed by atoms with Crippen LogP contribution in [-0.4, -0.2) is 53.1 Å². The van der Waals surface area contributed by atoms with Gasteiger partial charge in [-0.25, -0.2) is 0 Å². The van der Waals surface area contributed by atoms with E-state index in [1.165, 1.54) is 4.90 Å². The minimum atomic E-state index is -0.709. The summed E-state index contributed by atoms with van der Waals surface area (Å²) in [5.41, 5.74) is 3.72. The second-order valence-electron chi connectivity index (χ2n) is 9.24. The summed E-state index contributed by atoms with van der Waals surface area (Å²) in [5.74, 6) is -1.12. The number of amides is 4. The van der Waals surface area contributed by atoms with Gasteiger partial charge in [-0.1, -0.05) is 72.3 Å². The van der Waals surface area contributed by atoms with Gasteiger partial charge in [-0.2, -0.15) is 0 Å². The quantitative estimate of drug-likeness (QED) is 0.432. The molecule has 4 amide bonds. The summed E-state index contributed by atoms with van der Waals surface area (Å²) < 4.78 is 0. The lowest BCUT2D eigenvalue weighted by molar-refractivity contribution is -0.141. The fraction of sp³-hybridized carbons (Fsp3) is 0.267. The Morgan fingerprint density at radius 2 is 1.49 bits per heavy atom. The Morgan fingerprint density at radius 3 is 2.11 bits per heavy atom. The first-order valence-electron chi connectivity index (χ1n) is 12.4. The van der Waals surface area contributed by atoms with E-state index < -0.39 is 6.04 Å². The summed E-state index contributed by atoms with van der Waals surface area (Å²) >= 11 is 0. The highest BCUT2D eigenvalue weighted by Gasteiger charge is 2.35. The highest BCUT2D eigenvalue weighted by molar-refractivity contribution is 6.21. The molecule has 1 heterocycles. The zero-order valence-electron chi connectivity index (χ0n) is 21.1. The number of rotatable bonds is 10. The molecule has 0 unspecified atom stereocenters. The van der Waals surface area contributed by atoms with Crippen LogP contribution in [0.5, 0.6) is 0 Å². The van der Waals surface area contributed by atoms with Crippen LogP contribution in [0.3, 0.4) is 0 Å². The van der Waals surface area contributed by atoms with Gasteiger partial charge in [0, 0.05) is 33.0 Å². The molecule has 3 aromatic rings. The van der Waals surface area contributed by atoms with Crippen molar-refractivity contribution in [1.82, 2.24) is 15.1 Å². The molecular formula is C30H31N3O4. The van der Waals surface area contributed by atoms with Crippen molar-refractivity contribution in [2.45, 2.75) is 38.8 Å². The van der Waals surface area contributed by atoms with E-state index in [0.29, 0.717) is 24.0 Å². The Balaban J connectivity index is 1.51. The van der Waals surface area contributed by atoms with E-state index in [4.69, 9.17) is 0 Å². The van der Waals surface area contributed by atoms with E-state index in [-0.39, 0.29) is 43.1 Å². The molecular weight excluding hydrogens is 466 g/mol. The van der Waals surface area contributed by atoms with Gasteiger partial charge in [-0.15, -0.1) is 0 Å². The monoisotopic (exact) mass is 497 g/mol. The number of carbonyl (C=O) groups excluding carboxylic acids is 4. The Hall–Kier alpha value is -4.26. The van der Waals surface area contributed by atoms with E-state index in [1.807, 2.05) is 61.5 Å². The van der Waals surface area contributed by atoms with Crippen molar-refractivity contribution in [3.63, 3.8) is 0 Å². The number of hydrogen-bond acceptors (Lipinski definition) is 4. The lowest BCUT2D eigenvalue weighted by atomic mass is 10.0. The number of imide groups is 1. The predicted molar refractivity (Wildman–Crippen MR) is 141 cm³/mol. The molecule has 0 aromatic heterocycles. The van der Waals surface area contributed by atoms with E-state index in [1.54, 1.807) is 36.2 Å². The number of carbonyl (C=O) groups is 4. The Morgan fingerprint density at radius 1 is 0.865 bits per heavy atom. The maximum Gasteiger partial charge on any atom is 0.261 e. The summed E-state index contributed by atoms with van der Waals surface area (Å²) in [4.78, 5) is 54.8. The number of benzene rings is 3. The van der Waals surface area contributed by atoms with Crippen molar-refractivity contribution in [3.05, 3.63) is 107 Å². The predicted octanol–water partition coefficient (Wildman–Crippen LogP) is 3.76. The third-order valence-corrected chi connectivity index (χ3v) is 6.60. The van der Waals surface area contributed by atoms with E-state index >= 15 is 0 Å². The first kappa shape index (κ1) is 25.8. The van der Waals surface area contributed by atoms with Crippen LogP contribution in [0.25, 0.3) is 0 Å². The van der Waals surface area contributed by atoms with Gasteiger partial charge in [0.2, 0.25) is 11.8 Å². The Labute approximate surface area is 217 Å². The van der Waals surface area contributed by atoms with Crippen LogP contribution in [-0.2, 0) is 22.6 Å². The molecule has 0 saturated carbocycles. The first-order valence-corrected chi connectivity index (χ1v) is 12.4. The molecule has 1 atom stereocenters. The van der Waals surface area contributed by atoms with Gasteiger partial charge >= 0.3 is 0 Å². The van der Waals surface area contributed by atoms with E-state index in [2.05, 4.69) is 5.32 Å². The van der Waals surface area contributed by atoms with Crippen molar-refractivity contribution in [1.29, 1.82) is 0 Å². The minimum Gasteiger partial charge on any atom is -0.357 e. The standard InChI is InChI=1S/C30H31N3O4/c1-21-10-8-13-23(18-21)20-33(26(28(35)31-2)19-22-11-4-3-5-12-22)27(34)16-9-17-32-29(36)24-14-6-7-15-25(24)30(32)37/h3-8,10-15,18,26H,9,16-17,19-20H2,1-2H3,(H,31,35)/t26-/m1/s1. The molecule has 0 spiro atoms. The number of fused-ring (bicyclic) bond motifs is 1. The van der Waals surface area contributed by atoms with Gasteiger partial charge in [0.15, 0.2) is 0 Å². The Kier molecular flexibility index (Phi) is 8.13. The second-order valence-corrected chi connectivity index (χ2v) is 9.24. The zero-order chi connectivity index (χ0) is 26.4. The normalized spacial score (nSPS) is 13.3. The van der Waals surface area contributed by atoms with Crippen LogP contribution in [0.15, 0.2) is 78.9 Å². The minimum absolute atomic E-state index is 0.0987. The van der Waals surface area contributed by atoms with Gasteiger partial charge in [0.1, 0.15) is 6.04 Å². The molecule has 7 heteroatoms. The van der Waals surface area contributed by atoms with Crippen LogP contribution >= 0.6 is 0 Å². The van der Waals surface area contributed by atoms with Crippen molar-refractivity contribution < 1.29 is 19.2 Å². The van der Waals surface area contributed by atoms with Crippen LogP contribution < -0.4 is 5.32 Å². The maximum absolute atomic E-state index is 13.6. The highest BCUT2D eigenvalue weighted by Crippen LogP contribution is 2.23. The topological polar surface area (TPSA) is 86.8 Å². The molecule has 1 aliphatic heterocycles. The molecule has 0 saturated heterocycles. The fourth-order valence-electron chi connectivity index (χ4n) is 4.70. The average molecular weight is 498 g/mol. The lowest BCUT2D eigenvalue weighted by Gasteiger charge is -2.31. The molecule has 37 heavy (non-hydrogen) atoms. The van der Waals surface area contributed by atoms with Gasteiger partial charge in [-0.05, 0) is 36.6 Å². The second kappa shape index (κ2) is 11.6. The van der Waals surface area contributed by atoms with E-state index in [9.17, 15) is 19.2 Å². The average Bonchev–Trinajstić information content (AvgIpc) is 3.15. The molecule has 0 radical (unpaired) electrons. The van der Waals surface area contributed by atoms with Gasteiger partial charge in [0.05, 0.1) is 11.1 Å². The molecule has 0 bridgehead atoms. The summed E-state index contributed by atoms with van der Waals surface area (Å²) in [6, 6.07) is 23.5. The molecule has 1 aliphatic rings. The van der Waals surface area contributed by atoms with Gasteiger partial charge in [-0.3, -0.25) is 24.1 Å². The number of likely N-dealkylation sites (N-methyl/N-ethyl adjacent to an activating group) is 1. The third-order valence-electron chi connectivity index (χ3n) is 6.60. The SMILES string of the molecule is CNC(=O)[C@@H](Cc1ccccc1)N(Cc1cccc(C)c1)C(=O)CCCN1C(=O)c2ccccc2C1=O. The molecule has 3 aromatic carbocycles. The van der Waals surface area contributed by atoms with Gasteiger partial charge in [0.25, 0.3) is 11.8 Å².